The summed E-state index contributed by atoms with van der Waals surface area (Å²) in [4.78, 5) is 0. The highest BCUT2D eigenvalue weighted by Crippen LogP contribution is 2.35. The molecule has 4 heteroatoms. The minimum absolute atomic E-state index is 0.610. The van der Waals surface area contributed by atoms with Gasteiger partial charge in [0.15, 0.2) is 0 Å². The number of fused-ring (bicyclic) bond motifs is 1. The summed E-state index contributed by atoms with van der Waals surface area (Å²) in [6, 6.07) is 4.16. The van der Waals surface area contributed by atoms with Gasteiger partial charge in [-0.3, -0.25) is 0 Å². The molecule has 0 aliphatic heterocycles. The Kier molecular flexibility index (Phi) is 4.51. The second kappa shape index (κ2) is 5.76. The van der Waals surface area contributed by atoms with Crippen LogP contribution in [0.3, 0.4) is 0 Å². The minimum Gasteiger partial charge on any atom is -0.458 e. The van der Waals surface area contributed by atoms with Crippen molar-refractivity contribution in [1.82, 2.24) is 5.32 Å². The van der Waals surface area contributed by atoms with Gasteiger partial charge in [-0.05, 0) is 47.4 Å². The number of hydrogen-bond donors (Lipinski definition) is 1. The number of hydrogen-bond acceptors (Lipinski definition) is 2. The van der Waals surface area contributed by atoms with E-state index in [0.29, 0.717) is 5.92 Å². The summed E-state index contributed by atoms with van der Waals surface area (Å²) < 4.78 is 8.07. The van der Waals surface area contributed by atoms with Crippen LogP contribution in [0, 0.1) is 5.92 Å². The molecule has 2 nitrogen and oxygen atoms in total. The molecule has 2 rings (SSSR count). The molecule has 0 unspecified atom stereocenters. The van der Waals surface area contributed by atoms with Gasteiger partial charge in [0, 0.05) is 15.4 Å². The van der Waals surface area contributed by atoms with Crippen LogP contribution >= 0.6 is 31.9 Å². The van der Waals surface area contributed by atoms with Crippen molar-refractivity contribution in [2.75, 3.05) is 7.05 Å². The zero-order chi connectivity index (χ0) is 13.3. The standard InChI is InChI=1S/C14H17Br2NO/c1-8(2)4-10-11-5-9(15)6-12(16)14(11)18-13(10)7-17-3/h5-6,8,17H,4,7H2,1-3H3. The van der Waals surface area contributed by atoms with Gasteiger partial charge >= 0.3 is 0 Å². The third-order valence-corrected chi connectivity index (χ3v) is 3.89. The fourth-order valence-electron chi connectivity index (χ4n) is 2.16. The van der Waals surface area contributed by atoms with Gasteiger partial charge in [-0.1, -0.05) is 29.8 Å². The molecule has 1 heterocycles. The average Bonchev–Trinajstić information content (AvgIpc) is 2.58. The van der Waals surface area contributed by atoms with E-state index in [-0.39, 0.29) is 0 Å². The molecular formula is C14H17Br2NO. The fraction of sp³-hybridized carbons (Fsp3) is 0.429. The molecule has 0 spiro atoms. The number of nitrogens with one attached hydrogen (secondary N) is 1. The van der Waals surface area contributed by atoms with Gasteiger partial charge in [0.1, 0.15) is 11.3 Å². The third-order valence-electron chi connectivity index (χ3n) is 2.85. The van der Waals surface area contributed by atoms with Gasteiger partial charge in [-0.15, -0.1) is 0 Å². The highest BCUT2D eigenvalue weighted by molar-refractivity contribution is 9.11. The number of benzene rings is 1. The second-order valence-electron chi connectivity index (χ2n) is 4.90. The number of rotatable bonds is 4. The molecule has 0 saturated heterocycles. The molecule has 0 saturated carbocycles. The average molecular weight is 375 g/mol. The summed E-state index contributed by atoms with van der Waals surface area (Å²) in [7, 11) is 1.94. The Balaban J connectivity index is 2.64. The van der Waals surface area contributed by atoms with Crippen molar-refractivity contribution < 1.29 is 4.42 Å². The fourth-order valence-corrected chi connectivity index (χ4v) is 3.46. The van der Waals surface area contributed by atoms with Crippen molar-refractivity contribution in [1.29, 1.82) is 0 Å². The highest BCUT2D eigenvalue weighted by Gasteiger charge is 2.17. The summed E-state index contributed by atoms with van der Waals surface area (Å²) in [6.45, 7) is 5.23. The normalized spacial score (nSPS) is 11.7. The molecule has 0 aliphatic carbocycles. The molecule has 0 amide bonds. The maximum Gasteiger partial charge on any atom is 0.148 e. The van der Waals surface area contributed by atoms with E-state index in [1.807, 2.05) is 13.1 Å². The summed E-state index contributed by atoms with van der Waals surface area (Å²) in [6.07, 6.45) is 1.03. The van der Waals surface area contributed by atoms with Gasteiger partial charge in [0.05, 0.1) is 11.0 Å². The van der Waals surface area contributed by atoms with Crippen LogP contribution in [-0.4, -0.2) is 7.05 Å². The zero-order valence-electron chi connectivity index (χ0n) is 10.8. The van der Waals surface area contributed by atoms with Gasteiger partial charge in [0.2, 0.25) is 0 Å². The van der Waals surface area contributed by atoms with Crippen molar-refractivity contribution in [2.45, 2.75) is 26.8 Å². The summed E-state index contributed by atoms with van der Waals surface area (Å²) in [5.74, 6) is 1.65. The first-order valence-electron chi connectivity index (χ1n) is 6.06. The lowest BCUT2D eigenvalue weighted by atomic mass is 10.00. The van der Waals surface area contributed by atoms with Crippen molar-refractivity contribution in [3.63, 3.8) is 0 Å². The van der Waals surface area contributed by atoms with E-state index in [4.69, 9.17) is 4.42 Å². The van der Waals surface area contributed by atoms with Crippen molar-refractivity contribution in [2.24, 2.45) is 5.92 Å². The Morgan fingerprint density at radius 1 is 1.28 bits per heavy atom. The number of halogens is 2. The van der Waals surface area contributed by atoms with E-state index in [2.05, 4.69) is 57.1 Å². The van der Waals surface area contributed by atoms with Crippen molar-refractivity contribution in [3.8, 4) is 0 Å². The molecule has 1 aromatic heterocycles. The minimum atomic E-state index is 0.610. The zero-order valence-corrected chi connectivity index (χ0v) is 14.0. The van der Waals surface area contributed by atoms with E-state index in [1.165, 1.54) is 10.9 Å². The smallest absolute Gasteiger partial charge is 0.148 e. The molecule has 0 aliphatic rings. The lowest BCUT2D eigenvalue weighted by molar-refractivity contribution is 0.515. The van der Waals surface area contributed by atoms with Crippen LogP contribution < -0.4 is 5.32 Å². The van der Waals surface area contributed by atoms with Crippen LogP contribution in [0.4, 0.5) is 0 Å². The third kappa shape index (κ3) is 2.81. The van der Waals surface area contributed by atoms with E-state index >= 15 is 0 Å². The van der Waals surface area contributed by atoms with Crippen LogP contribution in [0.2, 0.25) is 0 Å². The van der Waals surface area contributed by atoms with Crippen LogP contribution in [-0.2, 0) is 13.0 Å². The van der Waals surface area contributed by atoms with Gasteiger partial charge < -0.3 is 9.73 Å². The van der Waals surface area contributed by atoms with E-state index in [0.717, 1.165) is 33.3 Å². The predicted molar refractivity (Wildman–Crippen MR) is 82.9 cm³/mol. The first-order chi connectivity index (χ1) is 8.52. The van der Waals surface area contributed by atoms with E-state index in [9.17, 15) is 0 Å². The molecule has 1 aromatic carbocycles. The van der Waals surface area contributed by atoms with Crippen LogP contribution in [0.15, 0.2) is 25.5 Å². The Hall–Kier alpha value is -0.320. The maximum absolute atomic E-state index is 6.00. The van der Waals surface area contributed by atoms with Crippen molar-refractivity contribution in [3.05, 3.63) is 32.4 Å². The van der Waals surface area contributed by atoms with Crippen LogP contribution in [0.1, 0.15) is 25.2 Å². The van der Waals surface area contributed by atoms with E-state index < -0.39 is 0 Å². The van der Waals surface area contributed by atoms with Gasteiger partial charge in [-0.2, -0.15) is 0 Å². The molecule has 1 N–H and O–H groups in total. The van der Waals surface area contributed by atoms with Crippen molar-refractivity contribution >= 4 is 42.8 Å². The van der Waals surface area contributed by atoms with Crippen LogP contribution in [0.25, 0.3) is 11.0 Å². The predicted octanol–water partition coefficient (Wildman–Crippen LogP) is 4.88. The maximum atomic E-state index is 6.00. The molecule has 2 aromatic rings. The SMILES string of the molecule is CNCc1oc2c(Br)cc(Br)cc2c1CC(C)C. The molecule has 98 valence electrons. The lowest BCUT2D eigenvalue weighted by Crippen LogP contribution is -2.07. The first-order valence-corrected chi connectivity index (χ1v) is 7.65. The highest BCUT2D eigenvalue weighted by atomic mass is 79.9. The molecule has 0 radical (unpaired) electrons. The summed E-state index contributed by atoms with van der Waals surface area (Å²) >= 11 is 7.11. The first kappa shape index (κ1) is 14.1. The Labute approximate surface area is 124 Å². The van der Waals surface area contributed by atoms with Gasteiger partial charge in [-0.25, -0.2) is 0 Å². The Morgan fingerprint density at radius 3 is 2.61 bits per heavy atom. The molecule has 0 fully saturated rings. The quantitative estimate of drug-likeness (QED) is 0.825. The molecule has 0 atom stereocenters. The Bertz CT molecular complexity index is 560. The number of furan rings is 1. The second-order valence-corrected chi connectivity index (χ2v) is 6.67. The molecular weight excluding hydrogens is 358 g/mol. The topological polar surface area (TPSA) is 25.2 Å². The summed E-state index contributed by atoms with van der Waals surface area (Å²) in [5, 5.41) is 4.38. The molecule has 18 heavy (non-hydrogen) atoms. The Morgan fingerprint density at radius 2 is 2.00 bits per heavy atom. The lowest BCUT2D eigenvalue weighted by Gasteiger charge is -2.05. The monoisotopic (exact) mass is 373 g/mol. The van der Waals surface area contributed by atoms with E-state index in [1.54, 1.807) is 0 Å². The molecule has 0 bridgehead atoms. The largest absolute Gasteiger partial charge is 0.458 e. The summed E-state index contributed by atoms with van der Waals surface area (Å²) in [5.41, 5.74) is 2.26. The van der Waals surface area contributed by atoms with Gasteiger partial charge in [0.25, 0.3) is 0 Å². The van der Waals surface area contributed by atoms with Crippen LogP contribution in [0.5, 0.6) is 0 Å².